The lowest BCUT2D eigenvalue weighted by molar-refractivity contribution is -0.384. The predicted molar refractivity (Wildman–Crippen MR) is 98.1 cm³/mol. The quantitative estimate of drug-likeness (QED) is 0.406. The molecule has 2 aromatic rings. The summed E-state index contributed by atoms with van der Waals surface area (Å²) in [7, 11) is -3.86. The minimum atomic E-state index is -3.86. The van der Waals surface area contributed by atoms with Gasteiger partial charge in [-0.3, -0.25) is 10.1 Å². The Hall–Kier alpha value is -1.84. The molecule has 0 N–H and O–H groups in total. The van der Waals surface area contributed by atoms with Crippen molar-refractivity contribution in [1.29, 1.82) is 0 Å². The highest BCUT2D eigenvalue weighted by molar-refractivity contribution is 9.09. The van der Waals surface area contributed by atoms with E-state index in [9.17, 15) is 22.9 Å². The van der Waals surface area contributed by atoms with Crippen molar-refractivity contribution < 1.29 is 17.7 Å². The van der Waals surface area contributed by atoms with Crippen molar-refractivity contribution in [2.45, 2.75) is 28.6 Å². The van der Waals surface area contributed by atoms with Gasteiger partial charge in [0.2, 0.25) is 10.0 Å². The summed E-state index contributed by atoms with van der Waals surface area (Å²) in [6, 6.07) is 10.1. The van der Waals surface area contributed by atoms with Gasteiger partial charge in [-0.05, 0) is 42.7 Å². The Labute approximate surface area is 159 Å². The molecule has 0 saturated carbocycles. The van der Waals surface area contributed by atoms with Crippen LogP contribution in [-0.4, -0.2) is 29.0 Å². The van der Waals surface area contributed by atoms with Gasteiger partial charge < -0.3 is 0 Å². The molecule has 2 aromatic carbocycles. The first kappa shape index (κ1) is 18.9. The summed E-state index contributed by atoms with van der Waals surface area (Å²) < 4.78 is 40.9. The molecule has 0 radical (unpaired) electrons. The topological polar surface area (TPSA) is 80.5 Å². The SMILES string of the molecule is O=[N+]([O-])c1ccc(S(=O)(=O)N2CCC[C@H](Br)[C@H]2c2ccc(F)cc2)cc1. The third-order valence-corrected chi connectivity index (χ3v) is 7.23. The average Bonchev–Trinajstić information content (AvgIpc) is 2.62. The first-order valence-corrected chi connectivity index (χ1v) is 10.3. The molecule has 1 heterocycles. The number of benzene rings is 2. The van der Waals surface area contributed by atoms with Crippen LogP contribution >= 0.6 is 15.9 Å². The van der Waals surface area contributed by atoms with Gasteiger partial charge in [-0.25, -0.2) is 12.8 Å². The molecule has 0 spiro atoms. The summed E-state index contributed by atoms with van der Waals surface area (Å²) >= 11 is 3.56. The van der Waals surface area contributed by atoms with Gasteiger partial charge in [0.1, 0.15) is 5.82 Å². The Kier molecular flexibility index (Phi) is 5.40. The molecule has 9 heteroatoms. The molecule has 1 fully saturated rings. The fraction of sp³-hybridized carbons (Fsp3) is 0.294. The second kappa shape index (κ2) is 7.42. The summed E-state index contributed by atoms with van der Waals surface area (Å²) in [5.74, 6) is -0.388. The van der Waals surface area contributed by atoms with E-state index < -0.39 is 21.0 Å². The highest BCUT2D eigenvalue weighted by Gasteiger charge is 2.39. The first-order valence-electron chi connectivity index (χ1n) is 7.96. The number of alkyl halides is 1. The molecule has 0 unspecified atom stereocenters. The first-order chi connectivity index (χ1) is 12.3. The molecule has 6 nitrogen and oxygen atoms in total. The number of rotatable bonds is 4. The Morgan fingerprint density at radius 3 is 2.31 bits per heavy atom. The van der Waals surface area contributed by atoms with E-state index in [1.165, 1.54) is 40.7 Å². The number of nitro groups is 1. The van der Waals surface area contributed by atoms with Crippen LogP contribution in [-0.2, 0) is 10.0 Å². The van der Waals surface area contributed by atoms with Crippen molar-refractivity contribution >= 4 is 31.6 Å². The summed E-state index contributed by atoms with van der Waals surface area (Å²) in [4.78, 5) is 10.1. The van der Waals surface area contributed by atoms with Crippen molar-refractivity contribution in [3.63, 3.8) is 0 Å². The fourth-order valence-corrected chi connectivity index (χ4v) is 5.86. The Bertz CT molecular complexity index is 903. The molecule has 3 rings (SSSR count). The van der Waals surface area contributed by atoms with E-state index in [1.807, 2.05) is 0 Å². The van der Waals surface area contributed by atoms with E-state index in [-0.39, 0.29) is 21.2 Å². The molecular formula is C17H16BrFN2O4S. The zero-order valence-electron chi connectivity index (χ0n) is 13.6. The zero-order chi connectivity index (χ0) is 18.9. The van der Waals surface area contributed by atoms with Gasteiger partial charge in [0.25, 0.3) is 5.69 Å². The number of hydrogen-bond acceptors (Lipinski definition) is 4. The highest BCUT2D eigenvalue weighted by Crippen LogP contribution is 2.39. The van der Waals surface area contributed by atoms with Crippen molar-refractivity contribution in [2.24, 2.45) is 0 Å². The van der Waals surface area contributed by atoms with Crippen molar-refractivity contribution in [1.82, 2.24) is 4.31 Å². The zero-order valence-corrected chi connectivity index (χ0v) is 16.0. The molecule has 26 heavy (non-hydrogen) atoms. The van der Waals surface area contributed by atoms with Gasteiger partial charge in [0.15, 0.2) is 0 Å². The molecule has 0 aliphatic carbocycles. The van der Waals surface area contributed by atoms with Crippen LogP contribution in [0.3, 0.4) is 0 Å². The van der Waals surface area contributed by atoms with E-state index in [0.717, 1.165) is 6.42 Å². The van der Waals surface area contributed by atoms with Crippen molar-refractivity contribution in [3.05, 3.63) is 70.0 Å². The van der Waals surface area contributed by atoms with Crippen LogP contribution in [0.4, 0.5) is 10.1 Å². The summed E-state index contributed by atoms with van der Waals surface area (Å²) in [5.41, 5.74) is 0.523. The van der Waals surface area contributed by atoms with E-state index in [2.05, 4.69) is 15.9 Å². The number of nitrogens with zero attached hydrogens (tertiary/aromatic N) is 2. The van der Waals surface area contributed by atoms with Gasteiger partial charge in [-0.2, -0.15) is 4.31 Å². The molecular weight excluding hydrogens is 427 g/mol. The minimum absolute atomic E-state index is 0.00295. The standard InChI is InChI=1S/C17H16BrFN2O4S/c18-16-2-1-11-20(17(16)12-3-5-13(19)6-4-12)26(24,25)15-9-7-14(8-10-15)21(22)23/h3-10,16-17H,1-2,11H2/t16-,17+/m0/s1. The van der Waals surface area contributed by atoms with E-state index >= 15 is 0 Å². The second-order valence-electron chi connectivity index (χ2n) is 6.02. The number of nitro benzene ring substituents is 1. The van der Waals surface area contributed by atoms with Crippen molar-refractivity contribution in [2.75, 3.05) is 6.54 Å². The molecule has 1 saturated heterocycles. The van der Waals surface area contributed by atoms with Crippen LogP contribution in [0, 0.1) is 15.9 Å². The maximum Gasteiger partial charge on any atom is 0.269 e. The van der Waals surface area contributed by atoms with Crippen molar-refractivity contribution in [3.8, 4) is 0 Å². The monoisotopic (exact) mass is 442 g/mol. The highest BCUT2D eigenvalue weighted by atomic mass is 79.9. The Morgan fingerprint density at radius 1 is 1.12 bits per heavy atom. The molecule has 0 aromatic heterocycles. The molecule has 2 atom stereocenters. The Balaban J connectivity index is 2.00. The van der Waals surface area contributed by atoms with Crippen LogP contribution in [0.5, 0.6) is 0 Å². The molecule has 1 aliphatic rings. The Morgan fingerprint density at radius 2 is 1.73 bits per heavy atom. The van der Waals surface area contributed by atoms with Gasteiger partial charge in [0.05, 0.1) is 15.9 Å². The van der Waals surface area contributed by atoms with Crippen LogP contribution in [0.15, 0.2) is 53.4 Å². The lowest BCUT2D eigenvalue weighted by Gasteiger charge is -2.38. The second-order valence-corrected chi connectivity index (χ2v) is 9.09. The van der Waals surface area contributed by atoms with Gasteiger partial charge >= 0.3 is 0 Å². The summed E-state index contributed by atoms with van der Waals surface area (Å²) in [6.07, 6.45) is 1.47. The van der Waals surface area contributed by atoms with Crippen LogP contribution in [0.1, 0.15) is 24.4 Å². The predicted octanol–water partition coefficient (Wildman–Crippen LogP) is 4.02. The smallest absolute Gasteiger partial charge is 0.258 e. The van der Waals surface area contributed by atoms with Gasteiger partial charge in [-0.15, -0.1) is 0 Å². The largest absolute Gasteiger partial charge is 0.269 e. The van der Waals surface area contributed by atoms with E-state index in [1.54, 1.807) is 12.1 Å². The molecule has 0 amide bonds. The third-order valence-electron chi connectivity index (χ3n) is 4.38. The summed E-state index contributed by atoms with van der Waals surface area (Å²) in [5, 5.41) is 10.8. The van der Waals surface area contributed by atoms with Gasteiger partial charge in [0, 0.05) is 23.5 Å². The average molecular weight is 443 g/mol. The van der Waals surface area contributed by atoms with E-state index in [4.69, 9.17) is 0 Å². The van der Waals surface area contributed by atoms with E-state index in [0.29, 0.717) is 18.5 Å². The lowest BCUT2D eigenvalue weighted by atomic mass is 9.97. The van der Waals surface area contributed by atoms with Crippen LogP contribution in [0.2, 0.25) is 0 Å². The lowest BCUT2D eigenvalue weighted by Crippen LogP contribution is -2.43. The normalized spacial score (nSPS) is 21.5. The summed E-state index contributed by atoms with van der Waals surface area (Å²) in [6.45, 7) is 0.323. The van der Waals surface area contributed by atoms with Crippen LogP contribution in [0.25, 0.3) is 0 Å². The third kappa shape index (κ3) is 3.65. The number of sulfonamides is 1. The van der Waals surface area contributed by atoms with Gasteiger partial charge in [-0.1, -0.05) is 28.1 Å². The number of piperidine rings is 1. The number of halogens is 2. The molecule has 138 valence electrons. The van der Waals surface area contributed by atoms with Crippen LogP contribution < -0.4 is 0 Å². The molecule has 1 aliphatic heterocycles. The maximum absolute atomic E-state index is 13.3. The fourth-order valence-electron chi connectivity index (χ4n) is 3.10. The number of non-ortho nitro benzene ring substituents is 1. The maximum atomic E-state index is 13.3. The number of hydrogen-bond donors (Lipinski definition) is 0. The molecule has 0 bridgehead atoms. The minimum Gasteiger partial charge on any atom is -0.258 e.